The van der Waals surface area contributed by atoms with Crippen LogP contribution in [0.2, 0.25) is 0 Å². The number of aromatic carboxylic acids is 1. The van der Waals surface area contributed by atoms with E-state index in [0.717, 1.165) is 0 Å². The van der Waals surface area contributed by atoms with Gasteiger partial charge in [-0.15, -0.1) is 0 Å². The predicted molar refractivity (Wildman–Crippen MR) is 106 cm³/mol. The van der Waals surface area contributed by atoms with E-state index < -0.39 is 11.9 Å². The van der Waals surface area contributed by atoms with Crippen molar-refractivity contribution in [2.24, 2.45) is 0 Å². The summed E-state index contributed by atoms with van der Waals surface area (Å²) < 4.78 is 5.11. The number of carbonyl (C=O) groups excluding carboxylic acids is 3. The highest BCUT2D eigenvalue weighted by atomic mass is 16.5. The Bertz CT molecular complexity index is 1060. The van der Waals surface area contributed by atoms with Crippen LogP contribution in [0.1, 0.15) is 31.1 Å². The number of nitrogens with one attached hydrogen (secondary N) is 2. The Balaban J connectivity index is 1.70. The summed E-state index contributed by atoms with van der Waals surface area (Å²) in [5, 5.41) is 16.2. The third-order valence-electron chi connectivity index (χ3n) is 4.09. The van der Waals surface area contributed by atoms with Crippen LogP contribution in [0.25, 0.3) is 0 Å². The second-order valence-corrected chi connectivity index (χ2v) is 6.09. The highest BCUT2D eigenvalue weighted by Gasteiger charge is 2.10. The van der Waals surface area contributed by atoms with Gasteiger partial charge in [-0.25, -0.2) is 0 Å². The molecule has 0 aliphatic heterocycles. The Morgan fingerprint density at radius 1 is 0.724 bits per heavy atom. The van der Waals surface area contributed by atoms with E-state index in [1.165, 1.54) is 31.4 Å². The third-order valence-corrected chi connectivity index (χ3v) is 4.09. The van der Waals surface area contributed by atoms with E-state index in [4.69, 9.17) is 4.74 Å². The number of rotatable bonds is 6. The summed E-state index contributed by atoms with van der Waals surface area (Å²) in [5.41, 5.74) is 1.67. The van der Waals surface area contributed by atoms with Crippen LogP contribution in [0.4, 0.5) is 11.4 Å². The van der Waals surface area contributed by atoms with E-state index in [9.17, 15) is 19.5 Å². The number of amides is 2. The van der Waals surface area contributed by atoms with Crippen molar-refractivity contribution in [3.63, 3.8) is 0 Å². The summed E-state index contributed by atoms with van der Waals surface area (Å²) in [7, 11) is 1.52. The maximum absolute atomic E-state index is 12.5. The number of carbonyl (C=O) groups is 3. The molecule has 0 aliphatic rings. The van der Waals surface area contributed by atoms with Gasteiger partial charge in [0.25, 0.3) is 11.8 Å². The van der Waals surface area contributed by atoms with Crippen LogP contribution in [0.3, 0.4) is 0 Å². The summed E-state index contributed by atoms with van der Waals surface area (Å²) in [6.07, 6.45) is 0. The molecule has 7 nitrogen and oxygen atoms in total. The van der Waals surface area contributed by atoms with Gasteiger partial charge in [-0.05, 0) is 54.1 Å². The molecule has 7 heteroatoms. The standard InChI is InChI=1S/C22H18N2O5/c1-29-19-7-3-5-16(13-19)21(26)24-18-6-2-4-15(12-18)20(25)23-17-10-8-14(9-11-17)22(27)28/h2-13H,1H3,(H,23,25)(H,24,26)(H,27,28)/p-1. The van der Waals surface area contributed by atoms with Crippen LogP contribution in [0.5, 0.6) is 5.75 Å². The van der Waals surface area contributed by atoms with Crippen molar-refractivity contribution in [2.45, 2.75) is 0 Å². The second kappa shape index (κ2) is 8.71. The van der Waals surface area contributed by atoms with E-state index in [1.807, 2.05) is 0 Å². The number of ether oxygens (including phenoxy) is 1. The zero-order valence-corrected chi connectivity index (χ0v) is 15.5. The summed E-state index contributed by atoms with van der Waals surface area (Å²) in [6, 6.07) is 18.8. The van der Waals surface area contributed by atoms with Crippen LogP contribution in [0, 0.1) is 0 Å². The van der Waals surface area contributed by atoms with Crippen molar-refractivity contribution in [3.05, 3.63) is 89.5 Å². The molecule has 146 valence electrons. The van der Waals surface area contributed by atoms with Gasteiger partial charge in [-0.2, -0.15) is 0 Å². The lowest BCUT2D eigenvalue weighted by molar-refractivity contribution is -0.255. The first-order valence-electron chi connectivity index (χ1n) is 8.64. The fourth-order valence-electron chi connectivity index (χ4n) is 2.60. The smallest absolute Gasteiger partial charge is 0.255 e. The topological polar surface area (TPSA) is 108 Å². The monoisotopic (exact) mass is 389 g/mol. The minimum absolute atomic E-state index is 0.0188. The highest BCUT2D eigenvalue weighted by Crippen LogP contribution is 2.17. The zero-order valence-electron chi connectivity index (χ0n) is 15.5. The number of carboxylic acids is 1. The molecule has 3 aromatic rings. The van der Waals surface area contributed by atoms with Gasteiger partial charge in [0.15, 0.2) is 0 Å². The molecule has 3 aromatic carbocycles. The van der Waals surface area contributed by atoms with E-state index in [-0.39, 0.29) is 11.5 Å². The number of hydrogen-bond acceptors (Lipinski definition) is 5. The minimum Gasteiger partial charge on any atom is -0.545 e. The number of benzene rings is 3. The Kier molecular flexibility index (Phi) is 5.89. The first-order chi connectivity index (χ1) is 14.0. The van der Waals surface area contributed by atoms with Gasteiger partial charge in [0.2, 0.25) is 0 Å². The van der Waals surface area contributed by atoms with E-state index >= 15 is 0 Å². The predicted octanol–water partition coefficient (Wildman–Crippen LogP) is 2.56. The van der Waals surface area contributed by atoms with Gasteiger partial charge in [0.05, 0.1) is 13.1 Å². The van der Waals surface area contributed by atoms with Crippen molar-refractivity contribution in [3.8, 4) is 5.75 Å². The molecule has 0 unspecified atom stereocenters. The lowest BCUT2D eigenvalue weighted by Crippen LogP contribution is -2.22. The molecule has 29 heavy (non-hydrogen) atoms. The fraction of sp³-hybridized carbons (Fsp3) is 0.0455. The molecule has 0 aliphatic carbocycles. The Labute approximate surface area is 166 Å². The van der Waals surface area contributed by atoms with Crippen molar-refractivity contribution in [1.82, 2.24) is 0 Å². The van der Waals surface area contributed by atoms with Crippen LogP contribution in [0.15, 0.2) is 72.8 Å². The summed E-state index contributed by atoms with van der Waals surface area (Å²) in [6.45, 7) is 0. The van der Waals surface area contributed by atoms with Gasteiger partial charge >= 0.3 is 0 Å². The molecule has 0 saturated carbocycles. The first kappa shape index (κ1) is 19.6. The van der Waals surface area contributed by atoms with Gasteiger partial charge in [0.1, 0.15) is 5.75 Å². The Morgan fingerprint density at radius 3 is 1.93 bits per heavy atom. The first-order valence-corrected chi connectivity index (χ1v) is 8.64. The van der Waals surface area contributed by atoms with E-state index in [0.29, 0.717) is 28.3 Å². The molecule has 2 N–H and O–H groups in total. The van der Waals surface area contributed by atoms with Crippen LogP contribution in [-0.4, -0.2) is 24.9 Å². The molecule has 0 heterocycles. The summed E-state index contributed by atoms with van der Waals surface area (Å²) >= 11 is 0. The van der Waals surface area contributed by atoms with Gasteiger partial charge in [-0.3, -0.25) is 9.59 Å². The minimum atomic E-state index is -1.29. The van der Waals surface area contributed by atoms with Crippen molar-refractivity contribution < 1.29 is 24.2 Å². The highest BCUT2D eigenvalue weighted by molar-refractivity contribution is 6.07. The molecule has 0 atom stereocenters. The zero-order chi connectivity index (χ0) is 20.8. The Hall–Kier alpha value is -4.13. The van der Waals surface area contributed by atoms with Crippen molar-refractivity contribution >= 4 is 29.2 Å². The number of anilines is 2. The molecule has 0 spiro atoms. The maximum atomic E-state index is 12.5. The average Bonchev–Trinajstić information content (AvgIpc) is 2.74. The summed E-state index contributed by atoms with van der Waals surface area (Å²) in [5.74, 6) is -1.46. The molecular formula is C22H17N2O5-. The molecule has 0 radical (unpaired) electrons. The molecule has 3 rings (SSSR count). The molecule has 0 saturated heterocycles. The van der Waals surface area contributed by atoms with E-state index in [2.05, 4.69) is 10.6 Å². The summed E-state index contributed by atoms with van der Waals surface area (Å²) in [4.78, 5) is 35.7. The van der Waals surface area contributed by atoms with E-state index in [1.54, 1.807) is 48.5 Å². The van der Waals surface area contributed by atoms with Crippen molar-refractivity contribution in [1.29, 1.82) is 0 Å². The molecule has 0 aromatic heterocycles. The molecule has 0 bridgehead atoms. The molecule has 2 amide bonds. The quantitative estimate of drug-likeness (QED) is 0.674. The lowest BCUT2D eigenvalue weighted by atomic mass is 10.1. The molecule has 0 fully saturated rings. The molecular weight excluding hydrogens is 372 g/mol. The maximum Gasteiger partial charge on any atom is 0.255 e. The van der Waals surface area contributed by atoms with Crippen LogP contribution in [-0.2, 0) is 0 Å². The normalized spacial score (nSPS) is 10.1. The van der Waals surface area contributed by atoms with Gasteiger partial charge < -0.3 is 25.3 Å². The number of carboxylic acid groups (broad SMARTS) is 1. The van der Waals surface area contributed by atoms with Crippen molar-refractivity contribution in [2.75, 3.05) is 17.7 Å². The van der Waals surface area contributed by atoms with Crippen LogP contribution < -0.4 is 20.5 Å². The lowest BCUT2D eigenvalue weighted by Gasteiger charge is -2.10. The SMILES string of the molecule is COc1cccc(C(=O)Nc2cccc(C(=O)Nc3ccc(C(=O)[O-])cc3)c2)c1. The largest absolute Gasteiger partial charge is 0.545 e. The second-order valence-electron chi connectivity index (χ2n) is 6.09. The Morgan fingerprint density at radius 2 is 1.31 bits per heavy atom. The average molecular weight is 389 g/mol. The van der Waals surface area contributed by atoms with Gasteiger partial charge in [0, 0.05) is 22.5 Å². The number of hydrogen-bond donors (Lipinski definition) is 2. The van der Waals surface area contributed by atoms with Gasteiger partial charge in [-0.1, -0.05) is 24.3 Å². The number of methoxy groups -OCH3 is 1. The fourth-order valence-corrected chi connectivity index (χ4v) is 2.60. The third kappa shape index (κ3) is 4.98. The van der Waals surface area contributed by atoms with Crippen LogP contribution >= 0.6 is 0 Å².